The van der Waals surface area contributed by atoms with Crippen molar-refractivity contribution < 1.29 is 9.53 Å². The van der Waals surface area contributed by atoms with Crippen LogP contribution in [0.4, 0.5) is 5.69 Å². The summed E-state index contributed by atoms with van der Waals surface area (Å²) in [5.74, 6) is 0.627. The van der Waals surface area contributed by atoms with Crippen LogP contribution in [0.15, 0.2) is 60.7 Å². The Hall–Kier alpha value is -2.75. The van der Waals surface area contributed by atoms with E-state index in [1.807, 2.05) is 56.3 Å². The third kappa shape index (κ3) is 2.93. The van der Waals surface area contributed by atoms with Gasteiger partial charge in [-0.25, -0.2) is 0 Å². The predicted octanol–water partition coefficient (Wildman–Crippen LogP) is 3.67. The second-order valence-electron chi connectivity index (χ2n) is 5.99. The van der Waals surface area contributed by atoms with E-state index in [1.165, 1.54) is 0 Å². The van der Waals surface area contributed by atoms with Crippen LogP contribution in [0, 0.1) is 0 Å². The highest BCUT2D eigenvalue weighted by Gasteiger charge is 2.36. The number of ether oxygens (including phenoxy) is 1. The van der Waals surface area contributed by atoms with Crippen LogP contribution in [0.1, 0.15) is 29.8 Å². The second kappa shape index (κ2) is 5.80. The molecule has 2 aromatic carbocycles. The van der Waals surface area contributed by atoms with Gasteiger partial charge < -0.3 is 15.4 Å². The molecule has 1 atom stereocenters. The number of rotatable bonds is 4. The van der Waals surface area contributed by atoms with Gasteiger partial charge in [0.2, 0.25) is 0 Å². The Morgan fingerprint density at radius 3 is 2.61 bits per heavy atom. The van der Waals surface area contributed by atoms with E-state index in [4.69, 9.17) is 4.74 Å². The number of anilines is 1. The van der Waals surface area contributed by atoms with Crippen LogP contribution >= 0.6 is 0 Å². The highest BCUT2D eigenvalue weighted by molar-refractivity contribution is 6.02. The number of hydrogen-bond donors (Lipinski definition) is 2. The molecular weight excluding hydrogens is 288 g/mol. The van der Waals surface area contributed by atoms with Gasteiger partial charge in [0.15, 0.2) is 0 Å². The number of benzene rings is 2. The van der Waals surface area contributed by atoms with Crippen molar-refractivity contribution in [1.82, 2.24) is 5.32 Å². The average molecular weight is 308 g/mol. The molecule has 1 amide bonds. The van der Waals surface area contributed by atoms with Crippen LogP contribution in [0.25, 0.3) is 0 Å². The lowest BCUT2D eigenvalue weighted by Gasteiger charge is -2.38. The molecule has 0 radical (unpaired) electrons. The fourth-order valence-electron chi connectivity index (χ4n) is 2.73. The van der Waals surface area contributed by atoms with Crippen molar-refractivity contribution in [3.05, 3.63) is 71.8 Å². The average Bonchev–Trinajstić information content (AvgIpc) is 2.53. The van der Waals surface area contributed by atoms with Gasteiger partial charge in [-0.15, -0.1) is 0 Å². The monoisotopic (exact) mass is 308 g/mol. The molecule has 1 aliphatic heterocycles. The van der Waals surface area contributed by atoms with Crippen LogP contribution in [-0.2, 0) is 5.66 Å². The van der Waals surface area contributed by atoms with Crippen LogP contribution in [0.5, 0.6) is 5.75 Å². The molecule has 4 heteroatoms. The first kappa shape index (κ1) is 15.2. The van der Waals surface area contributed by atoms with E-state index in [0.29, 0.717) is 12.2 Å². The molecule has 118 valence electrons. The maximum absolute atomic E-state index is 12.4. The fourth-order valence-corrected chi connectivity index (χ4v) is 2.73. The summed E-state index contributed by atoms with van der Waals surface area (Å²) < 4.78 is 5.85. The summed E-state index contributed by atoms with van der Waals surface area (Å²) >= 11 is 0. The molecule has 0 bridgehead atoms. The molecule has 23 heavy (non-hydrogen) atoms. The highest BCUT2D eigenvalue weighted by Crippen LogP contribution is 2.35. The third-order valence-electron chi connectivity index (χ3n) is 3.82. The van der Waals surface area contributed by atoms with Gasteiger partial charge in [0.1, 0.15) is 18.0 Å². The Kier molecular flexibility index (Phi) is 3.82. The van der Waals surface area contributed by atoms with Gasteiger partial charge in [-0.1, -0.05) is 36.9 Å². The zero-order valence-corrected chi connectivity index (χ0v) is 13.3. The molecule has 2 aromatic rings. The van der Waals surface area contributed by atoms with Crippen LogP contribution in [0.3, 0.4) is 0 Å². The van der Waals surface area contributed by atoms with Crippen molar-refractivity contribution in [2.75, 3.05) is 11.9 Å². The molecule has 1 aliphatic rings. The van der Waals surface area contributed by atoms with Gasteiger partial charge in [-0.05, 0) is 37.6 Å². The smallest absolute Gasteiger partial charge is 0.255 e. The largest absolute Gasteiger partial charge is 0.489 e. The van der Waals surface area contributed by atoms with E-state index in [2.05, 4.69) is 17.2 Å². The number of nitrogens with one attached hydrogen (secondary N) is 2. The van der Waals surface area contributed by atoms with Gasteiger partial charge in [0.05, 0.1) is 5.56 Å². The van der Waals surface area contributed by atoms with E-state index in [9.17, 15) is 4.79 Å². The second-order valence-corrected chi connectivity index (χ2v) is 5.99. The molecule has 1 heterocycles. The Balaban J connectivity index is 1.99. The van der Waals surface area contributed by atoms with Crippen LogP contribution in [-0.4, -0.2) is 12.5 Å². The van der Waals surface area contributed by atoms with Crippen molar-refractivity contribution in [2.24, 2.45) is 0 Å². The Morgan fingerprint density at radius 2 is 1.83 bits per heavy atom. The lowest BCUT2D eigenvalue weighted by molar-refractivity contribution is 0.0905. The van der Waals surface area contributed by atoms with E-state index < -0.39 is 5.66 Å². The van der Waals surface area contributed by atoms with Crippen molar-refractivity contribution in [2.45, 2.75) is 19.5 Å². The number of para-hydroxylation sites is 2. The third-order valence-corrected chi connectivity index (χ3v) is 3.82. The van der Waals surface area contributed by atoms with Gasteiger partial charge in [-0.2, -0.15) is 0 Å². The van der Waals surface area contributed by atoms with Gasteiger partial charge in [0.25, 0.3) is 5.91 Å². The summed E-state index contributed by atoms with van der Waals surface area (Å²) in [5, 5.41) is 6.45. The van der Waals surface area contributed by atoms with Crippen LogP contribution < -0.4 is 15.4 Å². The molecule has 4 nitrogen and oxygen atoms in total. The number of carbonyl (C=O) groups is 1. The summed E-state index contributed by atoms with van der Waals surface area (Å²) in [6, 6.07) is 15.2. The quantitative estimate of drug-likeness (QED) is 0.847. The SMILES string of the molecule is C=C(C)COc1ccccc1C1(C)NC(=O)c2ccccc2N1. The summed E-state index contributed by atoms with van der Waals surface area (Å²) in [7, 11) is 0. The summed E-state index contributed by atoms with van der Waals surface area (Å²) in [6.45, 7) is 8.16. The van der Waals surface area contributed by atoms with Crippen molar-refractivity contribution in [1.29, 1.82) is 0 Å². The molecule has 3 rings (SSSR count). The number of hydrogen-bond acceptors (Lipinski definition) is 3. The molecule has 0 aliphatic carbocycles. The fraction of sp³-hybridized carbons (Fsp3) is 0.211. The minimum Gasteiger partial charge on any atom is -0.489 e. The Bertz CT molecular complexity index is 769. The van der Waals surface area contributed by atoms with E-state index >= 15 is 0 Å². The topological polar surface area (TPSA) is 50.4 Å². The first-order valence-corrected chi connectivity index (χ1v) is 7.56. The van der Waals surface area contributed by atoms with E-state index in [-0.39, 0.29) is 5.91 Å². The van der Waals surface area contributed by atoms with Crippen molar-refractivity contribution in [3.8, 4) is 5.75 Å². The Labute approximate surface area is 136 Å². The molecule has 1 unspecified atom stereocenters. The first-order chi connectivity index (χ1) is 11.0. The van der Waals surface area contributed by atoms with Crippen LogP contribution in [0.2, 0.25) is 0 Å². The zero-order chi connectivity index (χ0) is 16.4. The maximum Gasteiger partial charge on any atom is 0.255 e. The minimum atomic E-state index is -0.739. The summed E-state index contributed by atoms with van der Waals surface area (Å²) in [6.07, 6.45) is 0. The molecule has 0 aromatic heterocycles. The normalized spacial score (nSPS) is 19.3. The number of amides is 1. The Morgan fingerprint density at radius 1 is 1.13 bits per heavy atom. The summed E-state index contributed by atoms with van der Waals surface area (Å²) in [5.41, 5.74) is 2.54. The van der Waals surface area contributed by atoms with Crippen molar-refractivity contribution >= 4 is 11.6 Å². The van der Waals surface area contributed by atoms with Gasteiger partial charge in [0, 0.05) is 11.3 Å². The van der Waals surface area contributed by atoms with E-state index in [0.717, 1.165) is 22.6 Å². The van der Waals surface area contributed by atoms with Gasteiger partial charge >= 0.3 is 0 Å². The number of carbonyl (C=O) groups excluding carboxylic acids is 1. The molecule has 0 saturated carbocycles. The van der Waals surface area contributed by atoms with E-state index in [1.54, 1.807) is 6.07 Å². The number of fused-ring (bicyclic) bond motifs is 1. The molecule has 0 saturated heterocycles. The highest BCUT2D eigenvalue weighted by atomic mass is 16.5. The lowest BCUT2D eigenvalue weighted by atomic mass is 9.95. The predicted molar refractivity (Wildman–Crippen MR) is 91.6 cm³/mol. The standard InChI is InChI=1S/C19H20N2O2/c1-13(2)12-23-17-11-7-5-9-15(17)19(3)20-16-10-6-4-8-14(16)18(22)21-19/h4-11,20H,1,12H2,2-3H3,(H,21,22). The maximum atomic E-state index is 12.4. The summed E-state index contributed by atoms with van der Waals surface area (Å²) in [4.78, 5) is 12.4. The zero-order valence-electron chi connectivity index (χ0n) is 13.3. The van der Waals surface area contributed by atoms with Crippen molar-refractivity contribution in [3.63, 3.8) is 0 Å². The molecule has 0 fully saturated rings. The van der Waals surface area contributed by atoms with Gasteiger partial charge in [-0.3, -0.25) is 4.79 Å². The molecular formula is C19H20N2O2. The minimum absolute atomic E-state index is 0.100. The first-order valence-electron chi connectivity index (χ1n) is 7.56. The lowest BCUT2D eigenvalue weighted by Crippen LogP contribution is -2.53. The molecule has 2 N–H and O–H groups in total. The molecule has 0 spiro atoms.